The van der Waals surface area contributed by atoms with Crippen molar-refractivity contribution in [3.05, 3.63) is 34.0 Å². The van der Waals surface area contributed by atoms with E-state index in [9.17, 15) is 9.59 Å². The number of carbonyl (C=O) groups excluding carboxylic acids is 2. The van der Waals surface area contributed by atoms with Gasteiger partial charge in [0.15, 0.2) is 11.6 Å². The van der Waals surface area contributed by atoms with Crippen molar-refractivity contribution in [3.63, 3.8) is 0 Å². The Hall–Kier alpha value is -1.82. The molecule has 6 heteroatoms. The van der Waals surface area contributed by atoms with Gasteiger partial charge in [-0.3, -0.25) is 9.59 Å². The fraction of sp³-hybridized carbons (Fsp3) is 0.400. The van der Waals surface area contributed by atoms with Crippen LogP contribution in [0.1, 0.15) is 50.5 Å². The van der Waals surface area contributed by atoms with Crippen LogP contribution in [0.3, 0.4) is 0 Å². The molecular formula is C15H18N2O3S. The number of oxazole rings is 1. The van der Waals surface area contributed by atoms with Crippen molar-refractivity contribution in [1.82, 2.24) is 9.97 Å². The quantitative estimate of drug-likeness (QED) is 0.676. The van der Waals surface area contributed by atoms with Gasteiger partial charge in [0.2, 0.25) is 0 Å². The van der Waals surface area contributed by atoms with Crippen LogP contribution in [0.25, 0.3) is 0 Å². The van der Waals surface area contributed by atoms with Gasteiger partial charge in [-0.1, -0.05) is 11.8 Å². The van der Waals surface area contributed by atoms with Gasteiger partial charge >= 0.3 is 0 Å². The van der Waals surface area contributed by atoms with E-state index in [1.54, 1.807) is 13.8 Å². The van der Waals surface area contributed by atoms with Crippen molar-refractivity contribution in [3.8, 4) is 0 Å². The van der Waals surface area contributed by atoms with E-state index in [-0.39, 0.29) is 17.3 Å². The zero-order chi connectivity index (χ0) is 15.7. The van der Waals surface area contributed by atoms with Crippen molar-refractivity contribution in [2.75, 3.05) is 5.75 Å². The topological polar surface area (TPSA) is 76.0 Å². The number of aryl methyl sites for hydroxylation is 3. The Balaban J connectivity index is 2.14. The lowest BCUT2D eigenvalue weighted by atomic mass is 10.1. The average Bonchev–Trinajstić information content (AvgIpc) is 2.87. The smallest absolute Gasteiger partial charge is 0.256 e. The molecule has 0 saturated carbocycles. The van der Waals surface area contributed by atoms with Gasteiger partial charge in [0.25, 0.3) is 5.22 Å². The second-order valence-electron chi connectivity index (χ2n) is 5.01. The van der Waals surface area contributed by atoms with E-state index in [1.807, 2.05) is 13.8 Å². The number of nitrogens with zero attached hydrogens (tertiary/aromatic N) is 1. The average molecular weight is 306 g/mol. The van der Waals surface area contributed by atoms with Crippen molar-refractivity contribution in [2.45, 2.75) is 39.8 Å². The fourth-order valence-electron chi connectivity index (χ4n) is 2.26. The standard InChI is InChI=1S/C15H18N2O3S/c1-7-13(10(4)18)9(3)16-14(7)12(19)6-21-15-17-8(2)11(5)20-15/h16H,6H2,1-5H3. The Morgan fingerprint density at radius 2 is 1.90 bits per heavy atom. The molecule has 0 radical (unpaired) electrons. The van der Waals surface area contributed by atoms with E-state index < -0.39 is 0 Å². The molecule has 2 rings (SSSR count). The van der Waals surface area contributed by atoms with E-state index in [0.717, 1.165) is 17.1 Å². The van der Waals surface area contributed by atoms with Gasteiger partial charge in [0, 0.05) is 11.3 Å². The third kappa shape index (κ3) is 3.10. The summed E-state index contributed by atoms with van der Waals surface area (Å²) in [7, 11) is 0. The second kappa shape index (κ2) is 5.89. The second-order valence-corrected chi connectivity index (χ2v) is 5.94. The first-order valence-corrected chi connectivity index (χ1v) is 7.60. The molecular weight excluding hydrogens is 288 g/mol. The molecule has 0 amide bonds. The summed E-state index contributed by atoms with van der Waals surface area (Å²) < 4.78 is 5.43. The number of carbonyl (C=O) groups is 2. The van der Waals surface area contributed by atoms with E-state index in [1.165, 1.54) is 18.7 Å². The predicted octanol–water partition coefficient (Wildman–Crippen LogP) is 3.41. The van der Waals surface area contributed by atoms with Crippen LogP contribution in [-0.2, 0) is 0 Å². The van der Waals surface area contributed by atoms with Gasteiger partial charge in [-0.15, -0.1) is 0 Å². The van der Waals surface area contributed by atoms with Crippen LogP contribution >= 0.6 is 11.8 Å². The number of hydrogen-bond donors (Lipinski definition) is 1. The maximum atomic E-state index is 12.3. The van der Waals surface area contributed by atoms with Crippen molar-refractivity contribution >= 4 is 23.3 Å². The molecule has 2 aromatic rings. The highest BCUT2D eigenvalue weighted by atomic mass is 32.2. The van der Waals surface area contributed by atoms with Crippen LogP contribution in [0.5, 0.6) is 0 Å². The largest absolute Gasteiger partial charge is 0.437 e. The fourth-order valence-corrected chi connectivity index (χ4v) is 3.05. The monoisotopic (exact) mass is 306 g/mol. The number of H-pyrrole nitrogens is 1. The minimum Gasteiger partial charge on any atom is -0.437 e. The van der Waals surface area contributed by atoms with Crippen LogP contribution in [0.4, 0.5) is 0 Å². The lowest BCUT2D eigenvalue weighted by Gasteiger charge is -1.99. The van der Waals surface area contributed by atoms with Gasteiger partial charge in [-0.2, -0.15) is 0 Å². The van der Waals surface area contributed by atoms with Crippen LogP contribution in [0, 0.1) is 27.7 Å². The minimum absolute atomic E-state index is 0.0353. The summed E-state index contributed by atoms with van der Waals surface area (Å²) >= 11 is 1.26. The summed E-state index contributed by atoms with van der Waals surface area (Å²) in [4.78, 5) is 31.1. The normalized spacial score (nSPS) is 10.9. The summed E-state index contributed by atoms with van der Waals surface area (Å²) in [5.41, 5.74) is 3.37. The first kappa shape index (κ1) is 15.6. The molecule has 5 nitrogen and oxygen atoms in total. The number of nitrogens with one attached hydrogen (secondary N) is 1. The summed E-state index contributed by atoms with van der Waals surface area (Å²) in [5.74, 6) is 0.876. The maximum absolute atomic E-state index is 12.3. The Morgan fingerprint density at radius 1 is 1.24 bits per heavy atom. The van der Waals surface area contributed by atoms with Crippen LogP contribution in [0.15, 0.2) is 9.64 Å². The molecule has 2 heterocycles. The number of aromatic amines is 1. The maximum Gasteiger partial charge on any atom is 0.256 e. The molecule has 0 bridgehead atoms. The molecule has 0 saturated heterocycles. The molecule has 0 aliphatic rings. The lowest BCUT2D eigenvalue weighted by Crippen LogP contribution is -2.05. The van der Waals surface area contributed by atoms with E-state index in [4.69, 9.17) is 4.42 Å². The van der Waals surface area contributed by atoms with Crippen molar-refractivity contribution in [2.24, 2.45) is 0 Å². The summed E-state index contributed by atoms with van der Waals surface area (Å²) in [6, 6.07) is 0. The molecule has 112 valence electrons. The SMILES string of the molecule is CC(=O)c1c(C)[nH]c(C(=O)CSc2nc(C)c(C)o2)c1C. The zero-order valence-electron chi connectivity index (χ0n) is 12.8. The van der Waals surface area contributed by atoms with Crippen LogP contribution < -0.4 is 0 Å². The van der Waals surface area contributed by atoms with E-state index in [2.05, 4.69) is 9.97 Å². The molecule has 0 aliphatic carbocycles. The summed E-state index contributed by atoms with van der Waals surface area (Å²) in [5, 5.41) is 0.492. The Bertz CT molecular complexity index is 693. The molecule has 2 aromatic heterocycles. The highest BCUT2D eigenvalue weighted by molar-refractivity contribution is 7.99. The van der Waals surface area contributed by atoms with E-state index >= 15 is 0 Å². The number of ketones is 2. The number of hydrogen-bond acceptors (Lipinski definition) is 5. The van der Waals surface area contributed by atoms with Gasteiger partial charge in [0.1, 0.15) is 5.76 Å². The van der Waals surface area contributed by atoms with Gasteiger partial charge < -0.3 is 9.40 Å². The predicted molar refractivity (Wildman–Crippen MR) is 81.3 cm³/mol. The molecule has 0 unspecified atom stereocenters. The van der Waals surface area contributed by atoms with Gasteiger partial charge in [-0.05, 0) is 40.2 Å². The molecule has 0 atom stereocenters. The molecule has 0 aromatic carbocycles. The van der Waals surface area contributed by atoms with Crippen LogP contribution in [-0.4, -0.2) is 27.3 Å². The highest BCUT2D eigenvalue weighted by Crippen LogP contribution is 2.24. The van der Waals surface area contributed by atoms with E-state index in [0.29, 0.717) is 22.0 Å². The molecule has 21 heavy (non-hydrogen) atoms. The molecule has 0 fully saturated rings. The third-order valence-electron chi connectivity index (χ3n) is 3.40. The Morgan fingerprint density at radius 3 is 2.38 bits per heavy atom. The highest BCUT2D eigenvalue weighted by Gasteiger charge is 2.20. The van der Waals surface area contributed by atoms with Crippen LogP contribution in [0.2, 0.25) is 0 Å². The van der Waals surface area contributed by atoms with Gasteiger partial charge in [-0.25, -0.2) is 4.98 Å². The Labute approximate surface area is 127 Å². The number of rotatable bonds is 5. The van der Waals surface area contributed by atoms with Crippen molar-refractivity contribution in [1.29, 1.82) is 0 Å². The molecule has 0 aliphatic heterocycles. The minimum atomic E-state index is -0.0680. The summed E-state index contributed by atoms with van der Waals surface area (Å²) in [6.07, 6.45) is 0. The number of Topliss-reactive ketones (excluding diaryl/α,β-unsaturated/α-hetero) is 2. The third-order valence-corrected chi connectivity index (χ3v) is 4.23. The first-order valence-electron chi connectivity index (χ1n) is 6.61. The summed E-state index contributed by atoms with van der Waals surface area (Å²) in [6.45, 7) is 8.80. The Kier molecular flexibility index (Phi) is 4.37. The molecule has 0 spiro atoms. The number of aromatic nitrogens is 2. The van der Waals surface area contributed by atoms with Gasteiger partial charge in [0.05, 0.1) is 17.1 Å². The van der Waals surface area contributed by atoms with Crippen molar-refractivity contribution < 1.29 is 14.0 Å². The number of thioether (sulfide) groups is 1. The molecule has 1 N–H and O–H groups in total. The lowest BCUT2D eigenvalue weighted by molar-refractivity contribution is 0.101. The first-order chi connectivity index (χ1) is 9.81. The zero-order valence-corrected chi connectivity index (χ0v) is 13.6.